The maximum absolute atomic E-state index is 13.8. The number of hydrogen-bond donors (Lipinski definition) is 0. The van der Waals surface area contributed by atoms with Gasteiger partial charge in [-0.3, -0.25) is 4.79 Å². The minimum Gasteiger partial charge on any atom is -0.366 e. The molecule has 2 aromatic rings. The number of carbonyl (C=O) groups is 1. The predicted octanol–water partition coefficient (Wildman–Crippen LogP) is 0.790. The van der Waals surface area contributed by atoms with E-state index in [1.807, 2.05) is 11.0 Å². The van der Waals surface area contributed by atoms with E-state index in [1.54, 1.807) is 24.1 Å². The van der Waals surface area contributed by atoms with Gasteiger partial charge in [-0.1, -0.05) is 23.9 Å². The van der Waals surface area contributed by atoms with Crippen LogP contribution in [-0.2, 0) is 11.8 Å². The van der Waals surface area contributed by atoms with Gasteiger partial charge in [0.2, 0.25) is 11.1 Å². The molecule has 3 rings (SSSR count). The molecular formula is C14H17FN6OS. The van der Waals surface area contributed by atoms with Crippen LogP contribution in [0.25, 0.3) is 0 Å². The lowest BCUT2D eigenvalue weighted by atomic mass is 10.2. The molecule has 1 aromatic heterocycles. The van der Waals surface area contributed by atoms with Crippen LogP contribution in [0.5, 0.6) is 0 Å². The van der Waals surface area contributed by atoms with Crippen LogP contribution >= 0.6 is 11.8 Å². The summed E-state index contributed by atoms with van der Waals surface area (Å²) in [5.74, 6) is 0.122. The van der Waals surface area contributed by atoms with Gasteiger partial charge in [0.25, 0.3) is 0 Å². The molecule has 1 aliphatic heterocycles. The molecule has 2 heterocycles. The Bertz CT molecular complexity index is 685. The molecule has 0 radical (unpaired) electrons. The van der Waals surface area contributed by atoms with Gasteiger partial charge >= 0.3 is 0 Å². The van der Waals surface area contributed by atoms with Crippen molar-refractivity contribution in [2.45, 2.75) is 5.16 Å². The van der Waals surface area contributed by atoms with E-state index in [-0.39, 0.29) is 11.7 Å². The third-order valence-electron chi connectivity index (χ3n) is 3.73. The molecule has 0 N–H and O–H groups in total. The quantitative estimate of drug-likeness (QED) is 0.769. The monoisotopic (exact) mass is 336 g/mol. The van der Waals surface area contributed by atoms with Crippen molar-refractivity contribution >= 4 is 23.4 Å². The number of benzene rings is 1. The Hall–Kier alpha value is -2.16. The lowest BCUT2D eigenvalue weighted by Crippen LogP contribution is -2.49. The summed E-state index contributed by atoms with van der Waals surface area (Å²) in [6, 6.07) is 6.72. The van der Waals surface area contributed by atoms with Gasteiger partial charge in [0.1, 0.15) is 5.82 Å². The summed E-state index contributed by atoms with van der Waals surface area (Å²) in [6.45, 7) is 2.43. The maximum Gasteiger partial charge on any atom is 0.233 e. The zero-order valence-corrected chi connectivity index (χ0v) is 13.5. The average Bonchev–Trinajstić information content (AvgIpc) is 2.98. The van der Waals surface area contributed by atoms with E-state index in [0.29, 0.717) is 42.8 Å². The highest BCUT2D eigenvalue weighted by Gasteiger charge is 2.23. The van der Waals surface area contributed by atoms with Gasteiger partial charge in [0, 0.05) is 33.2 Å². The number of anilines is 1. The van der Waals surface area contributed by atoms with Crippen molar-refractivity contribution < 1.29 is 9.18 Å². The number of thioether (sulfide) groups is 1. The highest BCUT2D eigenvalue weighted by Crippen LogP contribution is 2.21. The summed E-state index contributed by atoms with van der Waals surface area (Å²) >= 11 is 1.32. The molecule has 122 valence electrons. The lowest BCUT2D eigenvalue weighted by Gasteiger charge is -2.36. The van der Waals surface area contributed by atoms with Crippen LogP contribution in [0.3, 0.4) is 0 Å². The zero-order valence-electron chi connectivity index (χ0n) is 12.7. The fourth-order valence-corrected chi connectivity index (χ4v) is 3.22. The fourth-order valence-electron chi connectivity index (χ4n) is 2.47. The third kappa shape index (κ3) is 3.61. The summed E-state index contributed by atoms with van der Waals surface area (Å²) in [6.07, 6.45) is 0. The molecule has 0 unspecified atom stereocenters. The number of carbonyl (C=O) groups excluding carboxylic acids is 1. The van der Waals surface area contributed by atoms with Crippen LogP contribution in [0.15, 0.2) is 29.4 Å². The van der Waals surface area contributed by atoms with Crippen molar-refractivity contribution in [3.8, 4) is 0 Å². The van der Waals surface area contributed by atoms with Gasteiger partial charge in [-0.25, -0.2) is 9.07 Å². The molecule has 0 aliphatic carbocycles. The smallest absolute Gasteiger partial charge is 0.233 e. The summed E-state index contributed by atoms with van der Waals surface area (Å²) in [5, 5.41) is 11.7. The van der Waals surface area contributed by atoms with Crippen LogP contribution in [0.1, 0.15) is 0 Å². The molecule has 1 aromatic carbocycles. The number of nitrogens with zero attached hydrogens (tertiary/aromatic N) is 6. The van der Waals surface area contributed by atoms with Crippen LogP contribution in [-0.4, -0.2) is 62.9 Å². The second-order valence-electron chi connectivity index (χ2n) is 5.19. The molecule has 7 nitrogen and oxygen atoms in total. The Labute approximate surface area is 137 Å². The van der Waals surface area contributed by atoms with E-state index < -0.39 is 0 Å². The number of halogens is 1. The Morgan fingerprint density at radius 3 is 2.65 bits per heavy atom. The molecule has 0 spiro atoms. The third-order valence-corrected chi connectivity index (χ3v) is 4.73. The van der Waals surface area contributed by atoms with Crippen molar-refractivity contribution in [2.75, 3.05) is 36.8 Å². The number of tetrazole rings is 1. The minimum atomic E-state index is -0.224. The van der Waals surface area contributed by atoms with Crippen molar-refractivity contribution in [2.24, 2.45) is 7.05 Å². The van der Waals surface area contributed by atoms with Crippen LogP contribution in [0, 0.1) is 5.82 Å². The van der Waals surface area contributed by atoms with Crippen molar-refractivity contribution in [1.29, 1.82) is 0 Å². The van der Waals surface area contributed by atoms with Crippen molar-refractivity contribution in [3.63, 3.8) is 0 Å². The molecule has 1 aliphatic rings. The number of aryl methyl sites for hydroxylation is 1. The topological polar surface area (TPSA) is 67.2 Å². The maximum atomic E-state index is 13.8. The largest absolute Gasteiger partial charge is 0.366 e. The minimum absolute atomic E-state index is 0.0474. The highest BCUT2D eigenvalue weighted by atomic mass is 32.2. The first-order valence-electron chi connectivity index (χ1n) is 7.27. The number of aromatic nitrogens is 4. The summed E-state index contributed by atoms with van der Waals surface area (Å²) in [7, 11) is 1.74. The summed E-state index contributed by atoms with van der Waals surface area (Å²) in [5.41, 5.74) is 0.596. The Kier molecular flexibility index (Phi) is 4.75. The second kappa shape index (κ2) is 6.95. The molecule has 0 saturated carbocycles. The van der Waals surface area contributed by atoms with Gasteiger partial charge in [0.15, 0.2) is 0 Å². The predicted molar refractivity (Wildman–Crippen MR) is 84.7 cm³/mol. The summed E-state index contributed by atoms with van der Waals surface area (Å²) in [4.78, 5) is 16.0. The van der Waals surface area contributed by atoms with Crippen molar-refractivity contribution in [3.05, 3.63) is 30.1 Å². The second-order valence-corrected chi connectivity index (χ2v) is 6.14. The molecule has 1 amide bonds. The number of rotatable bonds is 4. The molecule has 9 heteroatoms. The molecular weight excluding hydrogens is 319 g/mol. The van der Waals surface area contributed by atoms with E-state index in [9.17, 15) is 9.18 Å². The van der Waals surface area contributed by atoms with Crippen LogP contribution in [0.4, 0.5) is 10.1 Å². The first kappa shape index (κ1) is 15.7. The Morgan fingerprint density at radius 2 is 2.00 bits per heavy atom. The van der Waals surface area contributed by atoms with E-state index >= 15 is 0 Å². The number of para-hydroxylation sites is 1. The highest BCUT2D eigenvalue weighted by molar-refractivity contribution is 7.99. The first-order valence-corrected chi connectivity index (χ1v) is 8.26. The molecule has 0 bridgehead atoms. The van der Waals surface area contributed by atoms with Crippen LogP contribution < -0.4 is 4.90 Å². The Balaban J connectivity index is 1.51. The normalized spacial score (nSPS) is 15.0. The Morgan fingerprint density at radius 1 is 1.26 bits per heavy atom. The SMILES string of the molecule is Cn1nnnc1SCC(=O)N1CCN(c2ccccc2F)CC1. The first-order chi connectivity index (χ1) is 11.1. The summed E-state index contributed by atoms with van der Waals surface area (Å²) < 4.78 is 15.3. The van der Waals surface area contributed by atoms with Gasteiger partial charge in [-0.05, 0) is 22.6 Å². The van der Waals surface area contributed by atoms with Crippen molar-refractivity contribution in [1.82, 2.24) is 25.1 Å². The van der Waals surface area contributed by atoms with Gasteiger partial charge < -0.3 is 9.80 Å². The number of piperazine rings is 1. The van der Waals surface area contributed by atoms with Gasteiger partial charge in [-0.2, -0.15) is 0 Å². The molecule has 1 fully saturated rings. The lowest BCUT2D eigenvalue weighted by molar-refractivity contribution is -0.128. The fraction of sp³-hybridized carbons (Fsp3) is 0.429. The van der Waals surface area contributed by atoms with E-state index in [2.05, 4.69) is 15.5 Å². The number of amides is 1. The van der Waals surface area contributed by atoms with Gasteiger partial charge in [-0.15, -0.1) is 5.10 Å². The molecule has 1 saturated heterocycles. The van der Waals surface area contributed by atoms with E-state index in [0.717, 1.165) is 0 Å². The van der Waals surface area contributed by atoms with Gasteiger partial charge in [0.05, 0.1) is 11.4 Å². The van der Waals surface area contributed by atoms with E-state index in [1.165, 1.54) is 22.5 Å². The molecule has 23 heavy (non-hydrogen) atoms. The molecule has 0 atom stereocenters. The average molecular weight is 336 g/mol. The van der Waals surface area contributed by atoms with Crippen LogP contribution in [0.2, 0.25) is 0 Å². The van der Waals surface area contributed by atoms with E-state index in [4.69, 9.17) is 0 Å². The standard InChI is InChI=1S/C14H17FN6OS/c1-19-14(16-17-18-19)23-10-13(22)21-8-6-20(7-9-21)12-5-3-2-4-11(12)15/h2-5H,6-10H2,1H3. The number of hydrogen-bond acceptors (Lipinski definition) is 6. The zero-order chi connectivity index (χ0) is 16.2.